The number of nitrogens with zero attached hydrogens (tertiary/aromatic N) is 5. The van der Waals surface area contributed by atoms with Gasteiger partial charge in [0, 0.05) is 29.9 Å². The molecule has 0 bridgehead atoms. The van der Waals surface area contributed by atoms with E-state index in [4.69, 9.17) is 5.26 Å². The highest BCUT2D eigenvalue weighted by Gasteiger charge is 2.41. The van der Waals surface area contributed by atoms with Gasteiger partial charge < -0.3 is 4.90 Å². The lowest BCUT2D eigenvalue weighted by molar-refractivity contribution is 0.0970. The van der Waals surface area contributed by atoms with Gasteiger partial charge >= 0.3 is 6.03 Å². The Kier molecular flexibility index (Phi) is 5.37. The summed E-state index contributed by atoms with van der Waals surface area (Å²) >= 11 is 1.15. The van der Waals surface area contributed by atoms with E-state index in [9.17, 15) is 10.1 Å². The van der Waals surface area contributed by atoms with Crippen LogP contribution in [0.4, 0.5) is 14.3 Å². The van der Waals surface area contributed by atoms with E-state index < -0.39 is 11.2 Å². The minimum Gasteiger partial charge on any atom is -0.321 e. The summed E-state index contributed by atoms with van der Waals surface area (Å²) in [5.41, 5.74) is 2.29. The first-order chi connectivity index (χ1) is 15.2. The molecular weight excluding hydrogens is 427 g/mol. The van der Waals surface area contributed by atoms with Gasteiger partial charge in [-0.25, -0.2) is 14.2 Å². The molecular formula is C23H19FN6OS. The Bertz CT molecular complexity index is 1310. The van der Waals surface area contributed by atoms with Gasteiger partial charge in [0.15, 0.2) is 10.9 Å². The van der Waals surface area contributed by atoms with Crippen LogP contribution in [0.2, 0.25) is 0 Å². The summed E-state index contributed by atoms with van der Waals surface area (Å²) < 4.78 is 15.0. The van der Waals surface area contributed by atoms with Crippen LogP contribution in [0.15, 0.2) is 30.3 Å². The number of hydrogen-bond acceptors (Lipinski definition) is 6. The molecule has 4 rings (SSSR count). The lowest BCUT2D eigenvalue weighted by Crippen LogP contribution is -2.57. The predicted molar refractivity (Wildman–Crippen MR) is 119 cm³/mol. The van der Waals surface area contributed by atoms with Crippen molar-refractivity contribution in [3.8, 4) is 33.8 Å². The highest BCUT2D eigenvalue weighted by Crippen LogP contribution is 2.41. The number of aryl methyl sites for hydroxylation is 2. The van der Waals surface area contributed by atoms with Crippen molar-refractivity contribution in [3.05, 3.63) is 53.1 Å². The van der Waals surface area contributed by atoms with E-state index in [2.05, 4.69) is 27.4 Å². The van der Waals surface area contributed by atoms with Crippen LogP contribution in [0, 0.1) is 47.7 Å². The Hall–Kier alpha value is -3.82. The lowest BCUT2D eigenvalue weighted by Gasteiger charge is -2.42. The molecule has 0 radical (unpaired) electrons. The van der Waals surface area contributed by atoms with Gasteiger partial charge in [0.2, 0.25) is 0 Å². The van der Waals surface area contributed by atoms with Crippen molar-refractivity contribution in [1.29, 1.82) is 10.5 Å². The van der Waals surface area contributed by atoms with E-state index in [-0.39, 0.29) is 11.7 Å². The number of amides is 2. The first-order valence-corrected chi connectivity index (χ1v) is 10.7. The number of halogens is 1. The molecule has 2 amide bonds. The fraction of sp³-hybridized carbons (Fsp3) is 0.261. The van der Waals surface area contributed by atoms with E-state index in [0.29, 0.717) is 51.2 Å². The molecule has 1 aliphatic rings. The van der Waals surface area contributed by atoms with Crippen LogP contribution in [0.25, 0.3) is 21.7 Å². The number of benzene rings is 1. The number of aromatic nitrogens is 2. The Morgan fingerprint density at radius 3 is 2.69 bits per heavy atom. The van der Waals surface area contributed by atoms with Crippen molar-refractivity contribution >= 4 is 22.5 Å². The summed E-state index contributed by atoms with van der Waals surface area (Å²) in [6, 6.07) is 12.5. The Morgan fingerprint density at radius 1 is 1.25 bits per heavy atom. The van der Waals surface area contributed by atoms with Crippen molar-refractivity contribution in [2.75, 3.05) is 18.4 Å². The molecule has 1 fully saturated rings. The fourth-order valence-corrected chi connectivity index (χ4v) is 4.63. The zero-order valence-electron chi connectivity index (χ0n) is 17.7. The van der Waals surface area contributed by atoms with E-state index in [1.807, 2.05) is 0 Å². The Balaban J connectivity index is 1.75. The normalized spacial score (nSPS) is 14.2. The fourth-order valence-electron chi connectivity index (χ4n) is 3.65. The van der Waals surface area contributed by atoms with Crippen LogP contribution in [0.5, 0.6) is 0 Å². The van der Waals surface area contributed by atoms with Crippen molar-refractivity contribution < 1.29 is 9.18 Å². The summed E-state index contributed by atoms with van der Waals surface area (Å²) in [6.45, 7) is 5.85. The number of thiazole rings is 1. The van der Waals surface area contributed by atoms with Crippen LogP contribution in [-0.4, -0.2) is 34.0 Å². The number of hydrogen-bond donors (Lipinski definition) is 1. The average molecular weight is 447 g/mol. The van der Waals surface area contributed by atoms with Gasteiger partial charge in [-0.3, -0.25) is 10.3 Å². The lowest BCUT2D eigenvalue weighted by atomic mass is 9.84. The van der Waals surface area contributed by atoms with E-state index >= 15 is 4.39 Å². The SMILES string of the molecule is Cc1cc(-c2sc(NC(=O)N3CC(C)(C#N)C3)nc2-c2cccc(C#N)c2)c(F)c(C)n1. The number of urea groups is 1. The molecule has 1 aromatic carbocycles. The second kappa shape index (κ2) is 8.03. The van der Waals surface area contributed by atoms with Crippen molar-refractivity contribution in [2.24, 2.45) is 5.41 Å². The van der Waals surface area contributed by atoms with Crippen LogP contribution >= 0.6 is 11.3 Å². The third kappa shape index (κ3) is 3.91. The minimum atomic E-state index is -0.538. The van der Waals surface area contributed by atoms with Crippen LogP contribution < -0.4 is 5.32 Å². The number of nitriles is 2. The second-order valence-corrected chi connectivity index (χ2v) is 9.06. The predicted octanol–water partition coefficient (Wildman–Crippen LogP) is 4.88. The monoisotopic (exact) mass is 446 g/mol. The molecule has 0 spiro atoms. The topological polar surface area (TPSA) is 106 Å². The number of nitrogens with one attached hydrogen (secondary N) is 1. The Labute approximate surface area is 188 Å². The maximum atomic E-state index is 15.0. The summed E-state index contributed by atoms with van der Waals surface area (Å²) in [5.74, 6) is -0.456. The molecule has 3 aromatic rings. The third-order valence-corrected chi connectivity index (χ3v) is 6.24. The molecule has 1 saturated heterocycles. The van der Waals surface area contributed by atoms with Gasteiger partial charge in [0.25, 0.3) is 0 Å². The molecule has 160 valence electrons. The van der Waals surface area contributed by atoms with Crippen LogP contribution in [0.3, 0.4) is 0 Å². The molecule has 0 unspecified atom stereocenters. The number of carbonyl (C=O) groups is 1. The van der Waals surface area contributed by atoms with Gasteiger partial charge in [0.1, 0.15) is 0 Å². The zero-order chi connectivity index (χ0) is 23.0. The maximum Gasteiger partial charge on any atom is 0.323 e. The number of carbonyl (C=O) groups excluding carboxylic acids is 1. The van der Waals surface area contributed by atoms with Crippen molar-refractivity contribution in [2.45, 2.75) is 20.8 Å². The van der Waals surface area contributed by atoms with E-state index in [1.165, 1.54) is 4.90 Å². The summed E-state index contributed by atoms with van der Waals surface area (Å²) in [4.78, 5) is 23.4. The molecule has 0 atom stereocenters. The number of likely N-dealkylation sites (tertiary alicyclic amines) is 1. The first kappa shape index (κ1) is 21.4. The Morgan fingerprint density at radius 2 is 2.00 bits per heavy atom. The molecule has 3 heterocycles. The standard InChI is InChI=1S/C23H19FN6OS/c1-13-7-17(18(24)14(2)27-13)20-19(16-6-4-5-15(8-16)9-25)28-21(32-20)29-22(31)30-11-23(3,10-26)12-30/h4-8H,11-12H2,1-3H3,(H,28,29,31). The maximum absolute atomic E-state index is 15.0. The van der Waals surface area contributed by atoms with Gasteiger partial charge in [-0.05, 0) is 39.0 Å². The summed E-state index contributed by atoms with van der Waals surface area (Å²) in [7, 11) is 0. The molecule has 1 N–H and O–H groups in total. The van der Waals surface area contributed by atoms with E-state index in [0.717, 1.165) is 11.3 Å². The smallest absolute Gasteiger partial charge is 0.321 e. The number of pyridine rings is 1. The third-order valence-electron chi connectivity index (χ3n) is 5.24. The molecule has 2 aromatic heterocycles. The largest absolute Gasteiger partial charge is 0.323 e. The summed E-state index contributed by atoms with van der Waals surface area (Å²) in [5, 5.41) is 21.5. The highest BCUT2D eigenvalue weighted by molar-refractivity contribution is 7.19. The van der Waals surface area contributed by atoms with Crippen LogP contribution in [-0.2, 0) is 0 Å². The number of anilines is 1. The van der Waals surface area contributed by atoms with Gasteiger partial charge in [0.05, 0.1) is 39.4 Å². The van der Waals surface area contributed by atoms with Crippen molar-refractivity contribution in [3.63, 3.8) is 0 Å². The molecule has 9 heteroatoms. The molecule has 0 saturated carbocycles. The average Bonchev–Trinajstić information content (AvgIpc) is 3.17. The first-order valence-electron chi connectivity index (χ1n) is 9.85. The van der Waals surface area contributed by atoms with E-state index in [1.54, 1.807) is 51.1 Å². The molecule has 0 aliphatic carbocycles. The van der Waals surface area contributed by atoms with Crippen LogP contribution in [0.1, 0.15) is 23.9 Å². The highest BCUT2D eigenvalue weighted by atomic mass is 32.1. The molecule has 32 heavy (non-hydrogen) atoms. The molecule has 1 aliphatic heterocycles. The second-order valence-electron chi connectivity index (χ2n) is 8.06. The number of rotatable bonds is 3. The van der Waals surface area contributed by atoms with Crippen molar-refractivity contribution in [1.82, 2.24) is 14.9 Å². The minimum absolute atomic E-state index is 0.270. The molecule has 7 nitrogen and oxygen atoms in total. The quantitative estimate of drug-likeness (QED) is 0.617. The van der Waals surface area contributed by atoms with Gasteiger partial charge in [-0.15, -0.1) is 0 Å². The van der Waals surface area contributed by atoms with Gasteiger partial charge in [-0.1, -0.05) is 23.5 Å². The summed E-state index contributed by atoms with van der Waals surface area (Å²) in [6.07, 6.45) is 0. The van der Waals surface area contributed by atoms with Gasteiger partial charge in [-0.2, -0.15) is 10.5 Å². The zero-order valence-corrected chi connectivity index (χ0v) is 18.5.